The van der Waals surface area contributed by atoms with Crippen LogP contribution < -0.4 is 10.6 Å². The van der Waals surface area contributed by atoms with Crippen molar-refractivity contribution in [2.24, 2.45) is 5.92 Å². The summed E-state index contributed by atoms with van der Waals surface area (Å²) in [6.45, 7) is 1.97. The Balaban J connectivity index is 2.18. The topological polar surface area (TPSA) is 84.3 Å². The summed E-state index contributed by atoms with van der Waals surface area (Å²) in [6, 6.07) is 4.52. The first-order valence-electron chi connectivity index (χ1n) is 7.30. The lowest BCUT2D eigenvalue weighted by Gasteiger charge is -2.20. The fourth-order valence-corrected chi connectivity index (χ4v) is 2.89. The molecule has 1 amide bonds. The van der Waals surface area contributed by atoms with Crippen LogP contribution in [0.3, 0.4) is 0 Å². The van der Waals surface area contributed by atoms with Gasteiger partial charge in [-0.3, -0.25) is 14.9 Å². The molecule has 0 aromatic heterocycles. The van der Waals surface area contributed by atoms with Crippen molar-refractivity contribution in [3.8, 4) is 0 Å². The minimum Gasteiger partial charge on any atom is -0.388 e. The molecule has 0 heterocycles. The van der Waals surface area contributed by atoms with Crippen LogP contribution in [-0.2, 0) is 0 Å². The smallest absolute Gasteiger partial charge is 0.282 e. The highest BCUT2D eigenvalue weighted by atomic mass is 16.6. The second kappa shape index (κ2) is 6.56. The van der Waals surface area contributed by atoms with Crippen molar-refractivity contribution in [1.29, 1.82) is 0 Å². The summed E-state index contributed by atoms with van der Waals surface area (Å²) >= 11 is 0. The van der Waals surface area contributed by atoms with Crippen LogP contribution in [-0.4, -0.2) is 23.9 Å². The third kappa shape index (κ3) is 3.51. The Morgan fingerprint density at radius 2 is 2.05 bits per heavy atom. The van der Waals surface area contributed by atoms with E-state index in [0.29, 0.717) is 11.6 Å². The highest BCUT2D eigenvalue weighted by Gasteiger charge is 2.26. The zero-order chi connectivity index (χ0) is 15.4. The number of hydrogen-bond donors (Lipinski definition) is 2. The van der Waals surface area contributed by atoms with Gasteiger partial charge in [-0.05, 0) is 37.8 Å². The van der Waals surface area contributed by atoms with Gasteiger partial charge in [-0.2, -0.15) is 0 Å². The van der Waals surface area contributed by atoms with Gasteiger partial charge in [-0.25, -0.2) is 0 Å². The van der Waals surface area contributed by atoms with Crippen LogP contribution >= 0.6 is 0 Å². The highest BCUT2D eigenvalue weighted by Crippen LogP contribution is 2.28. The fraction of sp³-hybridized carbons (Fsp3) is 0.533. The minimum absolute atomic E-state index is 0.0397. The van der Waals surface area contributed by atoms with E-state index in [1.54, 1.807) is 13.1 Å². The van der Waals surface area contributed by atoms with Crippen molar-refractivity contribution in [3.63, 3.8) is 0 Å². The molecule has 0 bridgehead atoms. The summed E-state index contributed by atoms with van der Waals surface area (Å²) in [4.78, 5) is 22.9. The molecule has 0 aliphatic heterocycles. The maximum Gasteiger partial charge on any atom is 0.282 e. The zero-order valence-corrected chi connectivity index (χ0v) is 12.4. The molecule has 2 N–H and O–H groups in total. The van der Waals surface area contributed by atoms with Crippen LogP contribution in [0.1, 0.15) is 43.0 Å². The molecular formula is C15H21N3O3. The van der Waals surface area contributed by atoms with Gasteiger partial charge >= 0.3 is 0 Å². The number of rotatable bonds is 5. The molecule has 1 aromatic rings. The van der Waals surface area contributed by atoms with E-state index in [2.05, 4.69) is 10.6 Å². The lowest BCUT2D eigenvalue weighted by molar-refractivity contribution is -0.385. The number of hydrogen-bond acceptors (Lipinski definition) is 4. The molecule has 1 unspecified atom stereocenters. The van der Waals surface area contributed by atoms with E-state index in [-0.39, 0.29) is 23.2 Å². The van der Waals surface area contributed by atoms with Crippen molar-refractivity contribution in [3.05, 3.63) is 33.9 Å². The van der Waals surface area contributed by atoms with Gasteiger partial charge in [-0.15, -0.1) is 0 Å². The number of nitrogens with one attached hydrogen (secondary N) is 2. The van der Waals surface area contributed by atoms with E-state index >= 15 is 0 Å². The van der Waals surface area contributed by atoms with Crippen LogP contribution in [0, 0.1) is 16.0 Å². The first-order valence-corrected chi connectivity index (χ1v) is 7.30. The van der Waals surface area contributed by atoms with Crippen molar-refractivity contribution in [2.45, 2.75) is 38.6 Å². The van der Waals surface area contributed by atoms with Gasteiger partial charge < -0.3 is 10.6 Å². The first kappa shape index (κ1) is 15.3. The van der Waals surface area contributed by atoms with Crippen LogP contribution in [0.5, 0.6) is 0 Å². The zero-order valence-electron chi connectivity index (χ0n) is 12.4. The molecule has 6 nitrogen and oxygen atoms in total. The Kier molecular flexibility index (Phi) is 4.77. The average Bonchev–Trinajstić information content (AvgIpc) is 3.00. The second-order valence-electron chi connectivity index (χ2n) is 5.55. The summed E-state index contributed by atoms with van der Waals surface area (Å²) in [5.74, 6) is 0.0960. The molecule has 1 aliphatic carbocycles. The normalized spacial score (nSPS) is 16.5. The summed E-state index contributed by atoms with van der Waals surface area (Å²) in [6.07, 6.45) is 4.61. The van der Waals surface area contributed by atoms with Gasteiger partial charge in [0.15, 0.2) is 0 Å². The highest BCUT2D eigenvalue weighted by molar-refractivity contribution is 5.99. The molecule has 0 radical (unpaired) electrons. The Labute approximate surface area is 124 Å². The number of carbonyl (C=O) groups is 1. The summed E-state index contributed by atoms with van der Waals surface area (Å²) in [5.41, 5.74) is 0.626. The number of amides is 1. The van der Waals surface area contributed by atoms with Gasteiger partial charge in [0.1, 0.15) is 5.56 Å². The Hall–Kier alpha value is -2.11. The Morgan fingerprint density at radius 1 is 1.38 bits per heavy atom. The molecule has 21 heavy (non-hydrogen) atoms. The van der Waals surface area contributed by atoms with Gasteiger partial charge in [0, 0.05) is 24.8 Å². The maximum absolute atomic E-state index is 12.4. The summed E-state index contributed by atoms with van der Waals surface area (Å²) < 4.78 is 0. The van der Waals surface area contributed by atoms with Crippen LogP contribution in [0.2, 0.25) is 0 Å². The number of nitro groups is 1. The largest absolute Gasteiger partial charge is 0.388 e. The average molecular weight is 291 g/mol. The van der Waals surface area contributed by atoms with E-state index in [1.807, 2.05) is 6.92 Å². The standard InChI is InChI=1S/C15H21N3O3/c1-10(11-5-3-4-6-11)17-15(19)13-9-12(16-2)7-8-14(13)18(20)21/h7-11,16H,3-6H2,1-2H3,(H,17,19). The molecule has 1 aliphatic rings. The predicted molar refractivity (Wildman–Crippen MR) is 81.5 cm³/mol. The number of anilines is 1. The fourth-order valence-electron chi connectivity index (χ4n) is 2.89. The molecule has 1 aromatic carbocycles. The quantitative estimate of drug-likeness (QED) is 0.645. The van der Waals surface area contributed by atoms with Crippen molar-refractivity contribution >= 4 is 17.3 Å². The van der Waals surface area contributed by atoms with E-state index in [4.69, 9.17) is 0 Å². The van der Waals surface area contributed by atoms with E-state index < -0.39 is 4.92 Å². The third-order valence-electron chi connectivity index (χ3n) is 4.19. The lowest BCUT2D eigenvalue weighted by Crippen LogP contribution is -2.37. The summed E-state index contributed by atoms with van der Waals surface area (Å²) in [7, 11) is 1.71. The maximum atomic E-state index is 12.4. The Bertz CT molecular complexity index is 539. The van der Waals surface area contributed by atoms with Crippen LogP contribution in [0.15, 0.2) is 18.2 Å². The van der Waals surface area contributed by atoms with E-state index in [0.717, 1.165) is 12.8 Å². The number of nitrogens with zero attached hydrogens (tertiary/aromatic N) is 1. The Morgan fingerprint density at radius 3 is 2.62 bits per heavy atom. The van der Waals surface area contributed by atoms with E-state index in [9.17, 15) is 14.9 Å². The molecular weight excluding hydrogens is 270 g/mol. The monoisotopic (exact) mass is 291 g/mol. The summed E-state index contributed by atoms with van der Waals surface area (Å²) in [5, 5.41) is 16.9. The van der Waals surface area contributed by atoms with Crippen molar-refractivity contribution in [1.82, 2.24) is 5.32 Å². The molecule has 1 fully saturated rings. The number of nitro benzene ring substituents is 1. The lowest BCUT2D eigenvalue weighted by atomic mass is 9.99. The van der Waals surface area contributed by atoms with Gasteiger partial charge in [-0.1, -0.05) is 12.8 Å². The molecule has 0 spiro atoms. The van der Waals surface area contributed by atoms with Gasteiger partial charge in [0.05, 0.1) is 4.92 Å². The first-order chi connectivity index (χ1) is 10.0. The van der Waals surface area contributed by atoms with Crippen LogP contribution in [0.25, 0.3) is 0 Å². The second-order valence-corrected chi connectivity index (χ2v) is 5.55. The molecule has 1 atom stereocenters. The molecule has 114 valence electrons. The van der Waals surface area contributed by atoms with Gasteiger partial charge in [0.25, 0.3) is 11.6 Å². The molecule has 0 saturated heterocycles. The number of carbonyl (C=O) groups excluding carboxylic acids is 1. The minimum atomic E-state index is -0.519. The molecule has 1 saturated carbocycles. The molecule has 2 rings (SSSR count). The van der Waals surface area contributed by atoms with Crippen molar-refractivity contribution in [2.75, 3.05) is 12.4 Å². The predicted octanol–water partition coefficient (Wildman–Crippen LogP) is 2.95. The molecule has 6 heteroatoms. The van der Waals surface area contributed by atoms with Crippen LogP contribution in [0.4, 0.5) is 11.4 Å². The van der Waals surface area contributed by atoms with Crippen molar-refractivity contribution < 1.29 is 9.72 Å². The third-order valence-corrected chi connectivity index (χ3v) is 4.19. The van der Waals surface area contributed by atoms with E-state index in [1.165, 1.54) is 25.0 Å². The van der Waals surface area contributed by atoms with Gasteiger partial charge in [0.2, 0.25) is 0 Å². The number of benzene rings is 1. The SMILES string of the molecule is CNc1ccc([N+](=O)[O-])c(C(=O)NC(C)C2CCCC2)c1.